The molecule has 0 fully saturated rings. The van der Waals surface area contributed by atoms with Crippen LogP contribution in [-0.2, 0) is 12.6 Å². The summed E-state index contributed by atoms with van der Waals surface area (Å²) < 4.78 is 41.9. The molecular formula is C17H20F3NO2. The van der Waals surface area contributed by atoms with E-state index in [1.807, 2.05) is 18.2 Å². The van der Waals surface area contributed by atoms with Crippen LogP contribution >= 0.6 is 0 Å². The molecule has 0 aliphatic rings. The topological polar surface area (TPSA) is 46.3 Å². The quantitative estimate of drug-likeness (QED) is 0.700. The third kappa shape index (κ3) is 5.71. The summed E-state index contributed by atoms with van der Waals surface area (Å²) in [6, 6.07) is 10.2. The number of aliphatic hydroxyl groups excluding tert-OH is 1. The maximum Gasteiger partial charge on any atom is 0.436 e. The average Bonchev–Trinajstić information content (AvgIpc) is 3.02. The van der Waals surface area contributed by atoms with Crippen molar-refractivity contribution >= 4 is 0 Å². The fourth-order valence-corrected chi connectivity index (χ4v) is 2.36. The molecule has 3 nitrogen and oxygen atoms in total. The molecule has 1 aromatic heterocycles. The molecule has 0 amide bonds. The second-order valence-corrected chi connectivity index (χ2v) is 5.52. The van der Waals surface area contributed by atoms with Gasteiger partial charge < -0.3 is 9.52 Å². The van der Waals surface area contributed by atoms with E-state index in [4.69, 9.17) is 4.42 Å². The highest BCUT2D eigenvalue weighted by Gasteiger charge is 2.35. The smallest absolute Gasteiger partial charge is 0.436 e. The fraction of sp³-hybridized carbons (Fsp3) is 0.471. The van der Waals surface area contributed by atoms with Crippen LogP contribution in [0.15, 0.2) is 41.0 Å². The lowest BCUT2D eigenvalue weighted by Crippen LogP contribution is -2.06. The van der Waals surface area contributed by atoms with Gasteiger partial charge in [-0.1, -0.05) is 49.6 Å². The van der Waals surface area contributed by atoms with Gasteiger partial charge in [-0.25, -0.2) is 4.98 Å². The Morgan fingerprint density at radius 1 is 1.04 bits per heavy atom. The minimum Gasteiger partial charge on any atom is -0.446 e. The standard InChI is InChI=1S/C17H20F3NO2/c18-17(19,20)15-12-23-16(21-15)14(22)11-7-2-1-4-8-13-9-5-3-6-10-13/h3,5-6,9-10,12,14,22H,1-2,4,7-8,11H2. The van der Waals surface area contributed by atoms with Crippen LogP contribution in [0.1, 0.15) is 55.4 Å². The Kier molecular flexibility index (Phi) is 6.21. The minimum atomic E-state index is -4.54. The molecular weight excluding hydrogens is 307 g/mol. The molecule has 0 bridgehead atoms. The van der Waals surface area contributed by atoms with Gasteiger partial charge in [0.25, 0.3) is 0 Å². The molecule has 0 aliphatic heterocycles. The van der Waals surface area contributed by atoms with Crippen LogP contribution in [0.2, 0.25) is 0 Å². The minimum absolute atomic E-state index is 0.262. The number of rotatable bonds is 8. The van der Waals surface area contributed by atoms with Crippen LogP contribution in [-0.4, -0.2) is 10.1 Å². The predicted octanol–water partition coefficient (Wildman–Crippen LogP) is 4.92. The molecule has 2 aromatic rings. The maximum atomic E-state index is 12.4. The molecule has 1 aromatic carbocycles. The number of oxazole rings is 1. The molecule has 23 heavy (non-hydrogen) atoms. The zero-order valence-electron chi connectivity index (χ0n) is 12.7. The summed E-state index contributed by atoms with van der Waals surface area (Å²) in [7, 11) is 0. The first kappa shape index (κ1) is 17.5. The summed E-state index contributed by atoms with van der Waals surface area (Å²) in [6.07, 6.45) is -0.0203. The highest BCUT2D eigenvalue weighted by molar-refractivity contribution is 5.14. The Bertz CT molecular complexity index is 581. The fourth-order valence-electron chi connectivity index (χ4n) is 2.36. The highest BCUT2D eigenvalue weighted by Crippen LogP contribution is 2.30. The predicted molar refractivity (Wildman–Crippen MR) is 79.7 cm³/mol. The van der Waals surface area contributed by atoms with E-state index in [-0.39, 0.29) is 5.89 Å². The second kappa shape index (κ2) is 8.15. The number of aliphatic hydroxyl groups is 1. The van der Waals surface area contributed by atoms with E-state index in [0.29, 0.717) is 12.7 Å². The third-order valence-corrected chi connectivity index (χ3v) is 3.63. The number of aromatic nitrogens is 1. The van der Waals surface area contributed by atoms with Crippen molar-refractivity contribution in [1.29, 1.82) is 0 Å². The highest BCUT2D eigenvalue weighted by atomic mass is 19.4. The molecule has 0 saturated carbocycles. The van der Waals surface area contributed by atoms with Crippen LogP contribution in [0.4, 0.5) is 13.2 Å². The number of hydrogen-bond donors (Lipinski definition) is 1. The second-order valence-electron chi connectivity index (χ2n) is 5.52. The van der Waals surface area contributed by atoms with Gasteiger partial charge in [0.05, 0.1) is 0 Å². The Hall–Kier alpha value is -1.82. The Morgan fingerprint density at radius 2 is 1.74 bits per heavy atom. The Balaban J connectivity index is 1.63. The summed E-state index contributed by atoms with van der Waals surface area (Å²) in [6.45, 7) is 0. The van der Waals surface area contributed by atoms with Crippen molar-refractivity contribution in [2.24, 2.45) is 0 Å². The van der Waals surface area contributed by atoms with Gasteiger partial charge in [-0.05, 0) is 24.8 Å². The van der Waals surface area contributed by atoms with Gasteiger partial charge in [0.1, 0.15) is 12.4 Å². The SMILES string of the molecule is OC(CCCCCCc1ccccc1)c1nc(C(F)(F)F)co1. The van der Waals surface area contributed by atoms with Crippen molar-refractivity contribution in [2.75, 3.05) is 0 Å². The van der Waals surface area contributed by atoms with E-state index in [0.717, 1.165) is 32.1 Å². The zero-order chi connectivity index (χ0) is 16.7. The Morgan fingerprint density at radius 3 is 2.39 bits per heavy atom. The number of aryl methyl sites for hydroxylation is 1. The normalized spacial score (nSPS) is 13.2. The molecule has 1 atom stereocenters. The van der Waals surface area contributed by atoms with Crippen molar-refractivity contribution in [2.45, 2.75) is 50.8 Å². The summed E-state index contributed by atoms with van der Waals surface area (Å²) in [5.41, 5.74) is 0.196. The molecule has 0 spiro atoms. The Labute approximate surface area is 133 Å². The lowest BCUT2D eigenvalue weighted by Gasteiger charge is -2.06. The number of hydrogen-bond acceptors (Lipinski definition) is 3. The molecule has 0 saturated heterocycles. The van der Waals surface area contributed by atoms with Gasteiger partial charge in [0.15, 0.2) is 5.69 Å². The average molecular weight is 327 g/mol. The number of nitrogens with zero attached hydrogens (tertiary/aromatic N) is 1. The van der Waals surface area contributed by atoms with Crippen molar-refractivity contribution in [3.8, 4) is 0 Å². The number of halogens is 3. The molecule has 1 unspecified atom stereocenters. The molecule has 1 N–H and O–H groups in total. The van der Waals surface area contributed by atoms with E-state index in [1.165, 1.54) is 5.56 Å². The van der Waals surface area contributed by atoms with E-state index in [9.17, 15) is 18.3 Å². The summed E-state index contributed by atoms with van der Waals surface area (Å²) in [5.74, 6) is -0.262. The van der Waals surface area contributed by atoms with E-state index in [2.05, 4.69) is 17.1 Å². The summed E-state index contributed by atoms with van der Waals surface area (Å²) >= 11 is 0. The van der Waals surface area contributed by atoms with Gasteiger partial charge in [-0.3, -0.25) is 0 Å². The summed E-state index contributed by atoms with van der Waals surface area (Å²) in [5, 5.41) is 9.81. The number of alkyl halides is 3. The van der Waals surface area contributed by atoms with Crippen molar-refractivity contribution < 1.29 is 22.7 Å². The van der Waals surface area contributed by atoms with Crippen LogP contribution in [0.5, 0.6) is 0 Å². The number of benzene rings is 1. The van der Waals surface area contributed by atoms with Crippen molar-refractivity contribution in [3.05, 3.63) is 53.7 Å². The van der Waals surface area contributed by atoms with Gasteiger partial charge in [0, 0.05) is 0 Å². The van der Waals surface area contributed by atoms with E-state index >= 15 is 0 Å². The summed E-state index contributed by atoms with van der Waals surface area (Å²) in [4.78, 5) is 3.29. The zero-order valence-corrected chi connectivity index (χ0v) is 12.7. The van der Waals surface area contributed by atoms with Gasteiger partial charge in [-0.15, -0.1) is 0 Å². The van der Waals surface area contributed by atoms with Crippen LogP contribution in [0.25, 0.3) is 0 Å². The van der Waals surface area contributed by atoms with Gasteiger partial charge in [0.2, 0.25) is 5.89 Å². The largest absolute Gasteiger partial charge is 0.446 e. The van der Waals surface area contributed by atoms with Gasteiger partial charge >= 0.3 is 6.18 Å². The lowest BCUT2D eigenvalue weighted by molar-refractivity contribution is -0.141. The van der Waals surface area contributed by atoms with Gasteiger partial charge in [-0.2, -0.15) is 13.2 Å². The molecule has 126 valence electrons. The van der Waals surface area contributed by atoms with E-state index < -0.39 is 18.0 Å². The molecule has 0 radical (unpaired) electrons. The first-order valence-electron chi connectivity index (χ1n) is 7.71. The molecule has 2 rings (SSSR count). The molecule has 1 heterocycles. The van der Waals surface area contributed by atoms with Crippen molar-refractivity contribution in [1.82, 2.24) is 4.98 Å². The van der Waals surface area contributed by atoms with Crippen LogP contribution < -0.4 is 0 Å². The first-order chi connectivity index (χ1) is 11.0. The maximum absolute atomic E-state index is 12.4. The third-order valence-electron chi connectivity index (χ3n) is 3.63. The van der Waals surface area contributed by atoms with Crippen LogP contribution in [0, 0.1) is 0 Å². The molecule has 0 aliphatic carbocycles. The lowest BCUT2D eigenvalue weighted by atomic mass is 10.0. The van der Waals surface area contributed by atoms with Crippen molar-refractivity contribution in [3.63, 3.8) is 0 Å². The first-order valence-corrected chi connectivity index (χ1v) is 7.71. The monoisotopic (exact) mass is 327 g/mol. The number of unbranched alkanes of at least 4 members (excludes halogenated alkanes) is 3. The van der Waals surface area contributed by atoms with Crippen LogP contribution in [0.3, 0.4) is 0 Å². The molecule has 6 heteroatoms. The van der Waals surface area contributed by atoms with E-state index in [1.54, 1.807) is 0 Å².